The van der Waals surface area contributed by atoms with Gasteiger partial charge in [-0.3, -0.25) is 4.79 Å². The Morgan fingerprint density at radius 2 is 1.63 bits per heavy atom. The van der Waals surface area contributed by atoms with E-state index in [-0.39, 0.29) is 36.7 Å². The molecule has 1 unspecified atom stereocenters. The molecule has 38 heavy (non-hydrogen) atoms. The Morgan fingerprint density at radius 1 is 1.00 bits per heavy atom. The first-order chi connectivity index (χ1) is 18.1. The van der Waals surface area contributed by atoms with Gasteiger partial charge in [-0.25, -0.2) is 18.0 Å². The van der Waals surface area contributed by atoms with Gasteiger partial charge in [0.15, 0.2) is 0 Å². The molecule has 0 spiro atoms. The van der Waals surface area contributed by atoms with E-state index in [1.165, 1.54) is 12.1 Å². The van der Waals surface area contributed by atoms with Gasteiger partial charge in [0.05, 0.1) is 12.2 Å². The van der Waals surface area contributed by atoms with Crippen LogP contribution in [0.1, 0.15) is 74.6 Å². The largest absolute Gasteiger partial charge is 0.492 e. The van der Waals surface area contributed by atoms with Crippen molar-refractivity contribution in [2.75, 3.05) is 6.61 Å². The minimum absolute atomic E-state index is 0.0833. The predicted molar refractivity (Wildman–Crippen MR) is 136 cm³/mol. The fourth-order valence-electron chi connectivity index (χ4n) is 8.29. The van der Waals surface area contributed by atoms with E-state index in [1.807, 2.05) is 0 Å². The number of hydrogen-bond acceptors (Lipinski definition) is 3. The quantitative estimate of drug-likeness (QED) is 0.425. The van der Waals surface area contributed by atoms with Gasteiger partial charge in [0.25, 0.3) is 5.91 Å². The first-order valence-electron chi connectivity index (χ1n) is 13.9. The number of ether oxygens (including phenoxy) is 1. The molecule has 5 aliphatic carbocycles. The summed E-state index contributed by atoms with van der Waals surface area (Å²) in [6.07, 6.45) is 6.20. The van der Waals surface area contributed by atoms with Crippen LogP contribution in [0.5, 0.6) is 5.75 Å². The fourth-order valence-corrected chi connectivity index (χ4v) is 8.29. The van der Waals surface area contributed by atoms with Gasteiger partial charge in [0, 0.05) is 23.6 Å². The molecular formula is C30H34F3NO4. The average Bonchev–Trinajstić information content (AvgIpc) is 2.85. The standard InChI is InChI=1S/C30H34F3NO4/c31-22-2-4-23-21(12-22)1-3-24(25(23)38-16-17-5-7-30(32,33)8-6-17)27(35)34-26(28(36)37)29-13-18-9-19(14-29)11-20(10-18)15-29/h1-4,12,17-20,26H,5-11,13-16H2,(H,34,35)(H,36,37). The van der Waals surface area contributed by atoms with Crippen molar-refractivity contribution < 1.29 is 32.6 Å². The highest BCUT2D eigenvalue weighted by atomic mass is 19.3. The van der Waals surface area contributed by atoms with E-state index in [9.17, 15) is 27.9 Å². The molecular weight excluding hydrogens is 495 g/mol. The molecule has 204 valence electrons. The summed E-state index contributed by atoms with van der Waals surface area (Å²) in [5.74, 6) is -2.90. The molecule has 5 saturated carbocycles. The average molecular weight is 530 g/mol. The summed E-state index contributed by atoms with van der Waals surface area (Å²) in [5.41, 5.74) is -0.258. The van der Waals surface area contributed by atoms with Crippen LogP contribution in [0.4, 0.5) is 13.2 Å². The van der Waals surface area contributed by atoms with Crippen LogP contribution >= 0.6 is 0 Å². The van der Waals surface area contributed by atoms with Crippen LogP contribution in [-0.2, 0) is 4.79 Å². The molecule has 0 aromatic heterocycles. The van der Waals surface area contributed by atoms with E-state index in [2.05, 4.69) is 5.32 Å². The minimum Gasteiger partial charge on any atom is -0.492 e. The molecule has 5 nitrogen and oxygen atoms in total. The Bertz CT molecular complexity index is 1220. The van der Waals surface area contributed by atoms with Gasteiger partial charge in [-0.15, -0.1) is 0 Å². The van der Waals surface area contributed by atoms with Crippen LogP contribution in [-0.4, -0.2) is 35.6 Å². The van der Waals surface area contributed by atoms with E-state index in [0.717, 1.165) is 38.5 Å². The number of carboxylic acids is 1. The number of hydrogen-bond donors (Lipinski definition) is 2. The third-order valence-corrected chi connectivity index (χ3v) is 9.70. The van der Waals surface area contributed by atoms with Gasteiger partial charge in [-0.05, 0) is 105 Å². The number of amides is 1. The first-order valence-corrected chi connectivity index (χ1v) is 13.9. The number of alkyl halides is 2. The molecule has 0 aliphatic heterocycles. The summed E-state index contributed by atoms with van der Waals surface area (Å²) in [6.45, 7) is 0.157. The number of rotatable bonds is 7. The molecule has 2 aromatic carbocycles. The molecule has 0 heterocycles. The zero-order chi connectivity index (χ0) is 26.7. The van der Waals surface area contributed by atoms with Crippen molar-refractivity contribution in [2.24, 2.45) is 29.1 Å². The summed E-state index contributed by atoms with van der Waals surface area (Å²) in [6, 6.07) is 6.34. The second-order valence-corrected chi connectivity index (χ2v) is 12.4. The fraction of sp³-hybridized carbons (Fsp3) is 0.600. The number of carbonyl (C=O) groups excluding carboxylic acids is 1. The number of carbonyl (C=O) groups is 2. The third kappa shape index (κ3) is 4.75. The van der Waals surface area contributed by atoms with Gasteiger partial charge in [-0.2, -0.15) is 0 Å². The van der Waals surface area contributed by atoms with Crippen LogP contribution in [0.3, 0.4) is 0 Å². The van der Waals surface area contributed by atoms with E-state index in [1.54, 1.807) is 18.2 Å². The lowest BCUT2D eigenvalue weighted by atomic mass is 9.47. The minimum atomic E-state index is -2.65. The molecule has 0 radical (unpaired) electrons. The summed E-state index contributed by atoms with van der Waals surface area (Å²) < 4.78 is 47.3. The number of aliphatic carboxylic acids is 1. The van der Waals surface area contributed by atoms with Crippen LogP contribution in [0.25, 0.3) is 10.8 Å². The number of fused-ring (bicyclic) bond motifs is 1. The zero-order valence-corrected chi connectivity index (χ0v) is 21.4. The Labute approximate surface area is 220 Å². The van der Waals surface area contributed by atoms with Crippen molar-refractivity contribution in [1.82, 2.24) is 5.32 Å². The van der Waals surface area contributed by atoms with E-state index in [0.29, 0.717) is 41.4 Å². The van der Waals surface area contributed by atoms with E-state index < -0.39 is 35.1 Å². The monoisotopic (exact) mass is 529 g/mol. The smallest absolute Gasteiger partial charge is 0.326 e. The molecule has 2 N–H and O–H groups in total. The lowest BCUT2D eigenvalue weighted by Crippen LogP contribution is -2.59. The van der Waals surface area contributed by atoms with Gasteiger partial charge >= 0.3 is 5.97 Å². The normalized spacial score (nSPS) is 30.8. The highest BCUT2D eigenvalue weighted by Gasteiger charge is 2.56. The van der Waals surface area contributed by atoms with Gasteiger partial charge in [0.1, 0.15) is 17.6 Å². The Hall–Kier alpha value is -2.77. The van der Waals surface area contributed by atoms with Crippen molar-refractivity contribution in [3.05, 3.63) is 41.7 Å². The number of halogens is 3. The second-order valence-electron chi connectivity index (χ2n) is 12.4. The lowest BCUT2D eigenvalue weighted by Gasteiger charge is -2.58. The molecule has 1 atom stereocenters. The molecule has 7 rings (SSSR count). The maximum atomic E-state index is 13.9. The van der Waals surface area contributed by atoms with Crippen LogP contribution in [0, 0.1) is 34.9 Å². The molecule has 2 aromatic rings. The topological polar surface area (TPSA) is 75.6 Å². The zero-order valence-electron chi connectivity index (χ0n) is 21.4. The Morgan fingerprint density at radius 3 is 2.24 bits per heavy atom. The molecule has 0 saturated heterocycles. The summed E-state index contributed by atoms with van der Waals surface area (Å²) in [7, 11) is 0. The van der Waals surface area contributed by atoms with Crippen molar-refractivity contribution in [1.29, 1.82) is 0 Å². The van der Waals surface area contributed by atoms with Crippen LogP contribution in [0.2, 0.25) is 0 Å². The van der Waals surface area contributed by atoms with Gasteiger partial charge in [0.2, 0.25) is 5.92 Å². The highest BCUT2D eigenvalue weighted by Crippen LogP contribution is 2.61. The van der Waals surface area contributed by atoms with Crippen molar-refractivity contribution in [2.45, 2.75) is 76.2 Å². The third-order valence-electron chi connectivity index (χ3n) is 9.70. The first kappa shape index (κ1) is 25.5. The Balaban J connectivity index is 1.28. The van der Waals surface area contributed by atoms with Gasteiger partial charge < -0.3 is 15.2 Å². The van der Waals surface area contributed by atoms with Gasteiger partial charge in [-0.1, -0.05) is 6.07 Å². The maximum absolute atomic E-state index is 13.9. The van der Waals surface area contributed by atoms with Crippen molar-refractivity contribution >= 4 is 22.6 Å². The second kappa shape index (κ2) is 9.45. The van der Waals surface area contributed by atoms with Crippen LogP contribution < -0.4 is 10.1 Å². The molecule has 5 aliphatic rings. The maximum Gasteiger partial charge on any atom is 0.326 e. The molecule has 4 bridgehead atoms. The van der Waals surface area contributed by atoms with E-state index in [4.69, 9.17) is 4.74 Å². The highest BCUT2D eigenvalue weighted by molar-refractivity contribution is 6.05. The molecule has 5 fully saturated rings. The van der Waals surface area contributed by atoms with Crippen molar-refractivity contribution in [3.8, 4) is 5.75 Å². The lowest BCUT2D eigenvalue weighted by molar-refractivity contribution is -0.150. The summed E-state index contributed by atoms with van der Waals surface area (Å²) in [4.78, 5) is 26.2. The number of nitrogens with one attached hydrogen (secondary N) is 1. The summed E-state index contributed by atoms with van der Waals surface area (Å²) in [5, 5.41) is 14.2. The molecule has 8 heteroatoms. The number of carboxylic acid groups (broad SMARTS) is 1. The number of benzene rings is 2. The van der Waals surface area contributed by atoms with E-state index >= 15 is 0 Å². The SMILES string of the molecule is O=C(NC(C(=O)O)C12CC3CC(CC(C3)C1)C2)c1ccc2cc(F)ccc2c1OCC1CCC(F)(F)CC1. The Kier molecular flexibility index (Phi) is 6.35. The molecule has 1 amide bonds. The summed E-state index contributed by atoms with van der Waals surface area (Å²) >= 11 is 0. The van der Waals surface area contributed by atoms with Crippen LogP contribution in [0.15, 0.2) is 30.3 Å². The predicted octanol–water partition coefficient (Wildman–Crippen LogP) is 6.58. The van der Waals surface area contributed by atoms with Crippen molar-refractivity contribution in [3.63, 3.8) is 0 Å².